The quantitative estimate of drug-likeness (QED) is 0.682. The molecular weight excluding hydrogens is 355 g/mol. The van der Waals surface area contributed by atoms with E-state index in [-0.39, 0.29) is 24.2 Å². The van der Waals surface area contributed by atoms with E-state index in [2.05, 4.69) is 10.6 Å². The number of rotatable bonds is 5. The predicted octanol–water partition coefficient (Wildman–Crippen LogP) is 4.62. The first-order valence-electron chi connectivity index (χ1n) is 8.94. The predicted molar refractivity (Wildman–Crippen MR) is 108 cm³/mol. The van der Waals surface area contributed by atoms with Crippen molar-refractivity contribution in [1.29, 1.82) is 0 Å². The molecule has 0 bridgehead atoms. The van der Waals surface area contributed by atoms with Gasteiger partial charge in [-0.1, -0.05) is 24.3 Å². The van der Waals surface area contributed by atoms with Gasteiger partial charge in [0, 0.05) is 28.9 Å². The van der Waals surface area contributed by atoms with Crippen LogP contribution >= 0.6 is 0 Å². The number of nitrogens with one attached hydrogen (secondary N) is 2. The molecule has 3 rings (SSSR count). The molecule has 0 saturated heterocycles. The van der Waals surface area contributed by atoms with Crippen LogP contribution in [-0.2, 0) is 6.54 Å². The molecule has 28 heavy (non-hydrogen) atoms. The molecule has 4 nitrogen and oxygen atoms in total. The highest BCUT2D eigenvalue weighted by molar-refractivity contribution is 6.05. The number of amides is 2. The molecule has 0 saturated carbocycles. The molecule has 0 heterocycles. The second-order valence-electron chi connectivity index (χ2n) is 6.68. The van der Waals surface area contributed by atoms with E-state index in [0.29, 0.717) is 16.7 Å². The van der Waals surface area contributed by atoms with Crippen LogP contribution in [0.4, 0.5) is 10.1 Å². The second kappa shape index (κ2) is 8.48. The maximum atomic E-state index is 13.6. The number of carbonyl (C=O) groups is 2. The van der Waals surface area contributed by atoms with Crippen molar-refractivity contribution in [3.05, 3.63) is 100 Å². The first-order chi connectivity index (χ1) is 13.4. The number of anilines is 1. The van der Waals surface area contributed by atoms with Crippen molar-refractivity contribution in [3.63, 3.8) is 0 Å². The van der Waals surface area contributed by atoms with E-state index < -0.39 is 0 Å². The fourth-order valence-corrected chi connectivity index (χ4v) is 2.94. The third kappa shape index (κ3) is 4.82. The van der Waals surface area contributed by atoms with Crippen LogP contribution in [-0.4, -0.2) is 11.8 Å². The molecule has 0 fully saturated rings. The number of aryl methyl sites for hydroxylation is 2. The zero-order chi connectivity index (χ0) is 20.1. The summed E-state index contributed by atoms with van der Waals surface area (Å²) in [4.78, 5) is 24.7. The maximum absolute atomic E-state index is 13.6. The fraction of sp³-hybridized carbons (Fsp3) is 0.130. The number of carbonyl (C=O) groups excluding carboxylic acids is 2. The van der Waals surface area contributed by atoms with E-state index in [9.17, 15) is 14.0 Å². The lowest BCUT2D eigenvalue weighted by atomic mass is 10.1. The summed E-state index contributed by atoms with van der Waals surface area (Å²) in [6.07, 6.45) is 0. The summed E-state index contributed by atoms with van der Waals surface area (Å²) < 4.78 is 13.6. The van der Waals surface area contributed by atoms with Gasteiger partial charge in [0.2, 0.25) is 0 Å². The molecule has 3 aromatic carbocycles. The molecule has 0 unspecified atom stereocenters. The average molecular weight is 376 g/mol. The number of hydrogen-bond acceptors (Lipinski definition) is 2. The molecule has 142 valence electrons. The van der Waals surface area contributed by atoms with Gasteiger partial charge in [-0.25, -0.2) is 4.39 Å². The summed E-state index contributed by atoms with van der Waals surface area (Å²) in [7, 11) is 0. The van der Waals surface area contributed by atoms with Crippen LogP contribution < -0.4 is 10.6 Å². The Hall–Kier alpha value is -3.47. The topological polar surface area (TPSA) is 58.2 Å². The molecule has 0 radical (unpaired) electrons. The van der Waals surface area contributed by atoms with Crippen LogP contribution in [0, 0.1) is 19.7 Å². The number of hydrogen-bond donors (Lipinski definition) is 2. The first-order valence-corrected chi connectivity index (χ1v) is 8.94. The van der Waals surface area contributed by atoms with E-state index >= 15 is 0 Å². The summed E-state index contributed by atoms with van der Waals surface area (Å²) in [6, 6.07) is 18.5. The van der Waals surface area contributed by atoms with E-state index in [1.54, 1.807) is 42.5 Å². The highest BCUT2D eigenvalue weighted by Gasteiger charge is 2.10. The zero-order valence-corrected chi connectivity index (χ0v) is 15.8. The van der Waals surface area contributed by atoms with Crippen molar-refractivity contribution in [2.75, 3.05) is 5.32 Å². The Balaban J connectivity index is 1.63. The molecule has 2 amide bonds. The molecule has 0 atom stereocenters. The minimum Gasteiger partial charge on any atom is -0.348 e. The number of halogens is 1. The Morgan fingerprint density at radius 1 is 0.821 bits per heavy atom. The van der Waals surface area contributed by atoms with E-state index in [4.69, 9.17) is 0 Å². The Kier molecular flexibility index (Phi) is 5.84. The van der Waals surface area contributed by atoms with Crippen molar-refractivity contribution in [1.82, 2.24) is 5.32 Å². The number of benzene rings is 3. The van der Waals surface area contributed by atoms with Gasteiger partial charge in [0.25, 0.3) is 11.8 Å². The average Bonchev–Trinajstić information content (AvgIpc) is 2.66. The molecule has 5 heteroatoms. The molecule has 0 aromatic heterocycles. The van der Waals surface area contributed by atoms with Crippen molar-refractivity contribution >= 4 is 17.5 Å². The Morgan fingerprint density at radius 3 is 2.00 bits per heavy atom. The van der Waals surface area contributed by atoms with Gasteiger partial charge in [0.05, 0.1) is 0 Å². The first kappa shape index (κ1) is 19.3. The highest BCUT2D eigenvalue weighted by Crippen LogP contribution is 2.15. The van der Waals surface area contributed by atoms with Gasteiger partial charge < -0.3 is 10.6 Å². The van der Waals surface area contributed by atoms with Crippen molar-refractivity contribution in [2.45, 2.75) is 20.4 Å². The van der Waals surface area contributed by atoms with Gasteiger partial charge in [0.15, 0.2) is 0 Å². The van der Waals surface area contributed by atoms with Crippen molar-refractivity contribution < 1.29 is 14.0 Å². The van der Waals surface area contributed by atoms with Crippen LogP contribution in [0.3, 0.4) is 0 Å². The van der Waals surface area contributed by atoms with Crippen LogP contribution in [0.5, 0.6) is 0 Å². The molecule has 3 aromatic rings. The van der Waals surface area contributed by atoms with Gasteiger partial charge in [-0.2, -0.15) is 0 Å². The van der Waals surface area contributed by atoms with E-state index in [1.165, 1.54) is 6.07 Å². The molecule has 0 aliphatic carbocycles. The SMILES string of the molecule is Cc1cc(C)cc(NC(=O)c2ccc(C(=O)NCc3ccccc3F)cc2)c1. The van der Waals surface area contributed by atoms with E-state index in [1.807, 2.05) is 32.0 Å². The molecule has 0 spiro atoms. The maximum Gasteiger partial charge on any atom is 0.255 e. The van der Waals surface area contributed by atoms with Gasteiger partial charge in [0.1, 0.15) is 5.82 Å². The highest BCUT2D eigenvalue weighted by atomic mass is 19.1. The van der Waals surface area contributed by atoms with Crippen LogP contribution in [0.2, 0.25) is 0 Å². The lowest BCUT2D eigenvalue weighted by molar-refractivity contribution is 0.0948. The molecule has 2 N–H and O–H groups in total. The van der Waals surface area contributed by atoms with Gasteiger partial charge in [-0.15, -0.1) is 0 Å². The largest absolute Gasteiger partial charge is 0.348 e. The summed E-state index contributed by atoms with van der Waals surface area (Å²) in [6.45, 7) is 4.04. The van der Waals surface area contributed by atoms with Crippen molar-refractivity contribution in [3.8, 4) is 0 Å². The van der Waals surface area contributed by atoms with E-state index in [0.717, 1.165) is 16.8 Å². The molecule has 0 aliphatic heterocycles. The third-order valence-corrected chi connectivity index (χ3v) is 4.29. The van der Waals surface area contributed by atoms with Crippen LogP contribution in [0.25, 0.3) is 0 Å². The van der Waals surface area contributed by atoms with Gasteiger partial charge in [-0.05, 0) is 67.4 Å². The summed E-state index contributed by atoms with van der Waals surface area (Å²) in [5.41, 5.74) is 4.13. The normalized spacial score (nSPS) is 10.4. The second-order valence-corrected chi connectivity index (χ2v) is 6.68. The smallest absolute Gasteiger partial charge is 0.255 e. The van der Waals surface area contributed by atoms with Crippen LogP contribution in [0.1, 0.15) is 37.4 Å². The summed E-state index contributed by atoms with van der Waals surface area (Å²) in [5.74, 6) is -0.936. The Labute approximate surface area is 163 Å². The summed E-state index contributed by atoms with van der Waals surface area (Å²) in [5, 5.41) is 5.54. The monoisotopic (exact) mass is 376 g/mol. The van der Waals surface area contributed by atoms with Gasteiger partial charge >= 0.3 is 0 Å². The Morgan fingerprint density at radius 2 is 1.39 bits per heavy atom. The fourth-order valence-electron chi connectivity index (χ4n) is 2.94. The summed E-state index contributed by atoms with van der Waals surface area (Å²) >= 11 is 0. The van der Waals surface area contributed by atoms with Crippen LogP contribution in [0.15, 0.2) is 66.7 Å². The lowest BCUT2D eigenvalue weighted by Gasteiger charge is -2.09. The zero-order valence-electron chi connectivity index (χ0n) is 15.8. The van der Waals surface area contributed by atoms with Gasteiger partial charge in [-0.3, -0.25) is 9.59 Å². The minimum atomic E-state index is -0.360. The molecule has 0 aliphatic rings. The lowest BCUT2D eigenvalue weighted by Crippen LogP contribution is -2.23. The Bertz CT molecular complexity index is 993. The minimum absolute atomic E-state index is 0.0977. The third-order valence-electron chi connectivity index (χ3n) is 4.29. The standard InChI is InChI=1S/C23H21FN2O2/c1-15-11-16(2)13-20(12-15)26-23(28)18-9-7-17(8-10-18)22(27)25-14-19-5-3-4-6-21(19)24/h3-13H,14H2,1-2H3,(H,25,27)(H,26,28). The van der Waals surface area contributed by atoms with Crippen molar-refractivity contribution in [2.24, 2.45) is 0 Å². The molecular formula is C23H21FN2O2.